The van der Waals surface area contributed by atoms with Crippen LogP contribution < -0.4 is 10.4 Å². The molecule has 0 fully saturated rings. The van der Waals surface area contributed by atoms with Crippen LogP contribution in [-0.4, -0.2) is 8.80 Å². The minimum Gasteiger partial charge on any atom is -0.204 e. The van der Waals surface area contributed by atoms with E-state index in [9.17, 15) is 8.78 Å². The summed E-state index contributed by atoms with van der Waals surface area (Å²) in [5.41, 5.74) is 2.88. The van der Waals surface area contributed by atoms with Crippen molar-refractivity contribution in [3.63, 3.8) is 0 Å². The Kier molecular flexibility index (Phi) is 2.41. The summed E-state index contributed by atoms with van der Waals surface area (Å²) < 4.78 is 26.4. The zero-order valence-corrected chi connectivity index (χ0v) is 9.95. The van der Waals surface area contributed by atoms with E-state index in [1.54, 1.807) is 0 Å². The minimum absolute atomic E-state index is 0.758. The van der Waals surface area contributed by atoms with E-state index in [1.165, 1.54) is 17.3 Å². The van der Waals surface area contributed by atoms with Gasteiger partial charge in [-0.1, -0.05) is 47.3 Å². The summed E-state index contributed by atoms with van der Waals surface area (Å²) in [6, 6.07) is 12.6. The van der Waals surface area contributed by atoms with Crippen LogP contribution in [0.25, 0.3) is 6.08 Å². The molecule has 0 aromatic heterocycles. The van der Waals surface area contributed by atoms with Gasteiger partial charge in [0.2, 0.25) is 0 Å². The van der Waals surface area contributed by atoms with Crippen LogP contribution in [0, 0.1) is 11.6 Å². The summed E-state index contributed by atoms with van der Waals surface area (Å²) in [5.74, 6) is -1.53. The first kappa shape index (κ1) is 10.4. The molecule has 0 atom stereocenters. The molecule has 0 nitrogen and oxygen atoms in total. The highest BCUT2D eigenvalue weighted by Crippen LogP contribution is 2.14. The van der Waals surface area contributed by atoms with E-state index in [1.807, 2.05) is 36.4 Å². The zero-order chi connectivity index (χ0) is 11.8. The van der Waals surface area contributed by atoms with Crippen LogP contribution in [0.5, 0.6) is 0 Å². The van der Waals surface area contributed by atoms with E-state index >= 15 is 0 Å². The van der Waals surface area contributed by atoms with Gasteiger partial charge in [-0.15, -0.1) is 0 Å². The number of fused-ring (bicyclic) bond motifs is 1. The average Bonchev–Trinajstić information content (AvgIpc) is 2.74. The smallest absolute Gasteiger partial charge is 0.159 e. The second-order valence-electron chi connectivity index (χ2n) is 3.97. The summed E-state index contributed by atoms with van der Waals surface area (Å²) in [5, 5.41) is 2.12. The second-order valence-corrected chi connectivity index (χ2v) is 6.24. The Morgan fingerprint density at radius 1 is 0.882 bits per heavy atom. The normalized spacial score (nSPS) is 14.0. The van der Waals surface area contributed by atoms with Gasteiger partial charge in [0.1, 0.15) is 8.80 Å². The van der Waals surface area contributed by atoms with Crippen molar-refractivity contribution in [3.8, 4) is 0 Å². The zero-order valence-electron chi connectivity index (χ0n) is 8.95. The molecular formula is C14H9F2Si. The highest BCUT2D eigenvalue weighted by Gasteiger charge is 2.23. The van der Waals surface area contributed by atoms with E-state index in [-0.39, 0.29) is 0 Å². The van der Waals surface area contributed by atoms with Crippen molar-refractivity contribution in [1.29, 1.82) is 0 Å². The molecule has 2 aromatic carbocycles. The van der Waals surface area contributed by atoms with Crippen LogP contribution >= 0.6 is 0 Å². The topological polar surface area (TPSA) is 0 Å². The Morgan fingerprint density at radius 2 is 1.59 bits per heavy atom. The lowest BCUT2D eigenvalue weighted by Gasteiger charge is -2.09. The van der Waals surface area contributed by atoms with Gasteiger partial charge < -0.3 is 0 Å². The fourth-order valence-corrected chi connectivity index (χ4v) is 4.40. The third-order valence-corrected chi connectivity index (χ3v) is 5.37. The van der Waals surface area contributed by atoms with Crippen LogP contribution in [0.3, 0.4) is 0 Å². The quantitative estimate of drug-likeness (QED) is 0.673. The molecule has 1 aliphatic rings. The van der Waals surface area contributed by atoms with Crippen molar-refractivity contribution >= 4 is 25.2 Å². The number of rotatable bonds is 1. The Labute approximate surface area is 99.8 Å². The van der Waals surface area contributed by atoms with Gasteiger partial charge in [0, 0.05) is 0 Å². The fraction of sp³-hybridized carbons (Fsp3) is 0. The summed E-state index contributed by atoms with van der Waals surface area (Å²) >= 11 is 0. The lowest BCUT2D eigenvalue weighted by atomic mass is 10.2. The predicted octanol–water partition coefficient (Wildman–Crippen LogP) is 2.14. The van der Waals surface area contributed by atoms with Gasteiger partial charge in [-0.2, -0.15) is 0 Å². The lowest BCUT2D eigenvalue weighted by molar-refractivity contribution is 0.509. The Bertz CT molecular complexity index is 591. The summed E-state index contributed by atoms with van der Waals surface area (Å²) in [6.07, 6.45) is 1.89. The number of hydrogen-bond acceptors (Lipinski definition) is 0. The van der Waals surface area contributed by atoms with Crippen molar-refractivity contribution in [2.75, 3.05) is 0 Å². The maximum Gasteiger partial charge on any atom is 0.159 e. The van der Waals surface area contributed by atoms with Crippen molar-refractivity contribution in [2.45, 2.75) is 0 Å². The van der Waals surface area contributed by atoms with Crippen LogP contribution in [0.15, 0.2) is 48.2 Å². The molecule has 0 spiro atoms. The highest BCUT2D eigenvalue weighted by molar-refractivity contribution is 6.91. The van der Waals surface area contributed by atoms with Crippen LogP contribution in [0.1, 0.15) is 5.56 Å². The maximum atomic E-state index is 13.3. The molecule has 0 bridgehead atoms. The lowest BCUT2D eigenvalue weighted by Crippen LogP contribution is -2.39. The number of benzene rings is 2. The van der Waals surface area contributed by atoms with Crippen LogP contribution in [-0.2, 0) is 0 Å². The SMILES string of the molecule is Fc1cc2c(cc1F)[Si](c1ccccc1)C=C2. The molecule has 3 heteroatoms. The molecule has 0 aliphatic carbocycles. The van der Waals surface area contributed by atoms with E-state index < -0.39 is 20.4 Å². The third-order valence-electron chi connectivity index (χ3n) is 2.90. The molecule has 0 saturated heterocycles. The second kappa shape index (κ2) is 3.93. The predicted molar refractivity (Wildman–Crippen MR) is 66.9 cm³/mol. The monoisotopic (exact) mass is 243 g/mol. The van der Waals surface area contributed by atoms with Gasteiger partial charge in [0.15, 0.2) is 11.6 Å². The number of hydrogen-bond donors (Lipinski definition) is 0. The van der Waals surface area contributed by atoms with Crippen LogP contribution in [0.4, 0.5) is 8.78 Å². The third kappa shape index (κ3) is 1.72. The van der Waals surface area contributed by atoms with Crippen molar-refractivity contribution < 1.29 is 8.78 Å². The Hall–Kier alpha value is -1.74. The van der Waals surface area contributed by atoms with Crippen molar-refractivity contribution in [1.82, 2.24) is 0 Å². The molecule has 1 aliphatic heterocycles. The fourth-order valence-electron chi connectivity index (χ4n) is 2.07. The van der Waals surface area contributed by atoms with Gasteiger partial charge in [-0.25, -0.2) is 8.78 Å². The van der Waals surface area contributed by atoms with Crippen molar-refractivity contribution in [2.24, 2.45) is 0 Å². The Morgan fingerprint density at radius 3 is 2.35 bits per heavy atom. The first-order chi connectivity index (χ1) is 8.25. The summed E-state index contributed by atoms with van der Waals surface area (Å²) in [6.45, 7) is 0. The van der Waals surface area contributed by atoms with Crippen molar-refractivity contribution in [3.05, 3.63) is 65.4 Å². The van der Waals surface area contributed by atoms with Gasteiger partial charge >= 0.3 is 0 Å². The average molecular weight is 243 g/mol. The van der Waals surface area contributed by atoms with Gasteiger partial charge in [0.25, 0.3) is 0 Å². The first-order valence-electron chi connectivity index (χ1n) is 5.35. The largest absolute Gasteiger partial charge is 0.204 e. The maximum absolute atomic E-state index is 13.3. The van der Waals surface area contributed by atoms with Gasteiger partial charge in [0.05, 0.1) is 0 Å². The molecule has 0 amide bonds. The minimum atomic E-state index is -1.07. The molecule has 0 N–H and O–H groups in total. The summed E-state index contributed by atoms with van der Waals surface area (Å²) in [7, 11) is -1.07. The molecule has 1 heterocycles. The molecule has 0 saturated carbocycles. The molecule has 3 rings (SSSR count). The van der Waals surface area contributed by atoms with Gasteiger partial charge in [-0.05, 0) is 22.9 Å². The highest BCUT2D eigenvalue weighted by atomic mass is 28.3. The standard InChI is InChI=1S/C14H9F2Si/c15-12-8-10-6-7-17(14(10)9-13(12)16)11-4-2-1-3-5-11/h1-9H. The number of halogens is 2. The van der Waals surface area contributed by atoms with E-state index in [2.05, 4.69) is 5.70 Å². The van der Waals surface area contributed by atoms with E-state index in [4.69, 9.17) is 0 Å². The molecule has 83 valence electrons. The molecule has 17 heavy (non-hydrogen) atoms. The molecule has 2 aromatic rings. The summed E-state index contributed by atoms with van der Waals surface area (Å²) in [4.78, 5) is 0. The molecule has 1 radical (unpaired) electrons. The van der Waals surface area contributed by atoms with Crippen LogP contribution in [0.2, 0.25) is 0 Å². The first-order valence-corrected chi connectivity index (χ1v) is 6.93. The van der Waals surface area contributed by atoms with Gasteiger partial charge in [-0.3, -0.25) is 0 Å². The van der Waals surface area contributed by atoms with E-state index in [0.29, 0.717) is 0 Å². The van der Waals surface area contributed by atoms with E-state index in [0.717, 1.165) is 10.8 Å². The molecular weight excluding hydrogens is 234 g/mol. The molecule has 0 unspecified atom stereocenters. The Balaban J connectivity index is 2.11.